The quantitative estimate of drug-likeness (QED) is 0.201. The van der Waals surface area contributed by atoms with Crippen molar-refractivity contribution in [3.05, 3.63) is 117 Å². The zero-order chi connectivity index (χ0) is 27.4. The van der Waals surface area contributed by atoms with E-state index in [0.29, 0.717) is 29.3 Å². The van der Waals surface area contributed by atoms with Gasteiger partial charge in [-0.1, -0.05) is 66.2 Å². The molecule has 1 amide bonds. The number of hydrogen-bond donors (Lipinski definition) is 2. The van der Waals surface area contributed by atoms with Crippen LogP contribution in [0.15, 0.2) is 89.5 Å². The first kappa shape index (κ1) is 26.4. The molecule has 0 aliphatic rings. The van der Waals surface area contributed by atoms with Gasteiger partial charge >= 0.3 is 0 Å². The largest absolute Gasteiger partial charge is 0.366 e. The van der Waals surface area contributed by atoms with Crippen LogP contribution in [0.25, 0.3) is 16.9 Å². The van der Waals surface area contributed by atoms with Gasteiger partial charge in [0.05, 0.1) is 28.4 Å². The van der Waals surface area contributed by atoms with Gasteiger partial charge < -0.3 is 10.6 Å². The lowest BCUT2D eigenvalue weighted by Gasteiger charge is -2.13. The molecule has 5 rings (SSSR count). The van der Waals surface area contributed by atoms with Gasteiger partial charge in [0.25, 0.3) is 5.91 Å². The number of carbonyl (C=O) groups is 1. The van der Waals surface area contributed by atoms with E-state index in [0.717, 1.165) is 38.2 Å². The van der Waals surface area contributed by atoms with Gasteiger partial charge in [0, 0.05) is 35.3 Å². The van der Waals surface area contributed by atoms with E-state index >= 15 is 0 Å². The first-order valence-corrected chi connectivity index (χ1v) is 13.5. The molecule has 39 heavy (non-hydrogen) atoms. The van der Waals surface area contributed by atoms with Crippen LogP contribution in [-0.4, -0.2) is 20.5 Å². The van der Waals surface area contributed by atoms with Crippen LogP contribution in [0.5, 0.6) is 0 Å². The lowest BCUT2D eigenvalue weighted by Crippen LogP contribution is -2.23. The van der Waals surface area contributed by atoms with Gasteiger partial charge in [-0.3, -0.25) is 4.79 Å². The topological polar surface area (TPSA) is 95.1 Å². The molecule has 194 valence electrons. The van der Waals surface area contributed by atoms with Crippen molar-refractivity contribution < 1.29 is 4.79 Å². The Morgan fingerprint density at radius 3 is 2.62 bits per heavy atom. The van der Waals surface area contributed by atoms with Gasteiger partial charge in [-0.25, -0.2) is 4.98 Å². The van der Waals surface area contributed by atoms with Crippen molar-refractivity contribution in [3.63, 3.8) is 0 Å². The van der Waals surface area contributed by atoms with E-state index in [2.05, 4.69) is 37.7 Å². The van der Waals surface area contributed by atoms with Crippen molar-refractivity contribution in [2.75, 3.05) is 5.32 Å². The number of amides is 1. The van der Waals surface area contributed by atoms with Crippen molar-refractivity contribution in [2.45, 2.75) is 25.9 Å². The van der Waals surface area contributed by atoms with E-state index in [1.807, 2.05) is 67.6 Å². The summed E-state index contributed by atoms with van der Waals surface area (Å²) in [6, 6.07) is 26.9. The van der Waals surface area contributed by atoms with Crippen LogP contribution in [0.1, 0.15) is 39.9 Å². The Balaban J connectivity index is 1.30. The summed E-state index contributed by atoms with van der Waals surface area (Å²) < 4.78 is 2.53. The molecule has 1 atom stereocenters. The van der Waals surface area contributed by atoms with Crippen LogP contribution in [0.4, 0.5) is 5.82 Å². The van der Waals surface area contributed by atoms with Crippen LogP contribution >= 0.6 is 27.5 Å². The van der Waals surface area contributed by atoms with Crippen LogP contribution in [0.3, 0.4) is 0 Å². The zero-order valence-corrected chi connectivity index (χ0v) is 23.4. The van der Waals surface area contributed by atoms with Crippen LogP contribution in [0, 0.1) is 11.3 Å². The lowest BCUT2D eigenvalue weighted by atomic mass is 10.0. The second-order valence-corrected chi connectivity index (χ2v) is 10.3. The number of aromatic nitrogens is 3. The minimum atomic E-state index is -0.271. The van der Waals surface area contributed by atoms with Crippen molar-refractivity contribution >= 4 is 44.9 Å². The minimum absolute atomic E-state index is 0.180. The van der Waals surface area contributed by atoms with E-state index in [1.54, 1.807) is 28.9 Å². The van der Waals surface area contributed by atoms with Gasteiger partial charge in [0.1, 0.15) is 5.82 Å². The Morgan fingerprint density at radius 2 is 1.82 bits per heavy atom. The second kappa shape index (κ2) is 11.7. The molecule has 2 N–H and O–H groups in total. The van der Waals surface area contributed by atoms with Crippen LogP contribution in [-0.2, 0) is 13.1 Å². The monoisotopic (exact) mass is 598 g/mol. The Hall–Kier alpha value is -4.19. The number of rotatable bonds is 8. The van der Waals surface area contributed by atoms with Crippen LogP contribution in [0.2, 0.25) is 5.02 Å². The highest BCUT2D eigenvalue weighted by atomic mass is 79.9. The van der Waals surface area contributed by atoms with Gasteiger partial charge in [-0.2, -0.15) is 14.9 Å². The number of hydrogen-bond acceptors (Lipinski definition) is 5. The molecule has 1 unspecified atom stereocenters. The first-order valence-electron chi connectivity index (χ1n) is 12.3. The molecule has 7 nitrogen and oxygen atoms in total. The number of nitriles is 1. The highest BCUT2D eigenvalue weighted by molar-refractivity contribution is 9.10. The summed E-state index contributed by atoms with van der Waals surface area (Å²) in [5.41, 5.74) is 5.63. The number of nitrogens with one attached hydrogen (secondary N) is 2. The standard InChI is InChI=1S/C30H24BrClN6O/c1-19(15-33)22-8-5-9-23(13-22)30(39)35-17-21-7-4-6-20(12-21)16-34-28-14-27(24-10-2-3-11-26(24)32)37-29-25(31)18-36-38(28)29/h2-14,18-19,34H,16-17H2,1H3,(H,35,39). The number of anilines is 1. The fourth-order valence-electron chi connectivity index (χ4n) is 4.22. The van der Waals surface area contributed by atoms with Crippen molar-refractivity contribution in [1.29, 1.82) is 5.26 Å². The molecule has 9 heteroatoms. The number of fused-ring (bicyclic) bond motifs is 1. The van der Waals surface area contributed by atoms with Crippen molar-refractivity contribution in [1.82, 2.24) is 19.9 Å². The normalized spacial score (nSPS) is 11.6. The molecule has 2 heterocycles. The maximum Gasteiger partial charge on any atom is 0.251 e. The van der Waals surface area contributed by atoms with Gasteiger partial charge in [0.15, 0.2) is 5.65 Å². The molecule has 5 aromatic rings. The Bertz CT molecular complexity index is 1710. The smallest absolute Gasteiger partial charge is 0.251 e. The Labute approximate surface area is 239 Å². The number of carbonyl (C=O) groups excluding carboxylic acids is 1. The fraction of sp³-hybridized carbons (Fsp3) is 0.133. The van der Waals surface area contributed by atoms with E-state index in [-0.39, 0.29) is 11.8 Å². The predicted molar refractivity (Wildman–Crippen MR) is 157 cm³/mol. The third-order valence-corrected chi connectivity index (χ3v) is 7.23. The average molecular weight is 600 g/mol. The highest BCUT2D eigenvalue weighted by Crippen LogP contribution is 2.30. The third-order valence-electron chi connectivity index (χ3n) is 6.34. The maximum atomic E-state index is 12.7. The molecule has 3 aromatic carbocycles. The highest BCUT2D eigenvalue weighted by Gasteiger charge is 2.14. The molecule has 2 aromatic heterocycles. The summed E-state index contributed by atoms with van der Waals surface area (Å²) in [5, 5.41) is 20.7. The Morgan fingerprint density at radius 1 is 1.05 bits per heavy atom. The fourth-order valence-corrected chi connectivity index (χ4v) is 4.80. The van der Waals surface area contributed by atoms with E-state index < -0.39 is 0 Å². The molecular formula is C30H24BrClN6O. The summed E-state index contributed by atoms with van der Waals surface area (Å²) in [6.45, 7) is 2.73. The summed E-state index contributed by atoms with van der Waals surface area (Å²) in [4.78, 5) is 17.5. The average Bonchev–Trinajstić information content (AvgIpc) is 3.35. The molecule has 0 spiro atoms. The third kappa shape index (κ3) is 5.95. The summed E-state index contributed by atoms with van der Waals surface area (Å²) in [7, 11) is 0. The molecule has 0 radical (unpaired) electrons. The van der Waals surface area contributed by atoms with Gasteiger partial charge in [-0.15, -0.1) is 0 Å². The van der Waals surface area contributed by atoms with Crippen molar-refractivity contribution in [2.24, 2.45) is 0 Å². The van der Waals surface area contributed by atoms with Gasteiger partial charge in [-0.05, 0) is 57.7 Å². The zero-order valence-electron chi connectivity index (χ0n) is 21.0. The Kier molecular flexibility index (Phi) is 7.92. The predicted octanol–water partition coefficient (Wildman–Crippen LogP) is 6.98. The molecule has 0 fully saturated rings. The summed E-state index contributed by atoms with van der Waals surface area (Å²) in [5.74, 6) is 0.319. The number of halogens is 2. The number of nitrogens with zero attached hydrogens (tertiary/aromatic N) is 4. The van der Waals surface area contributed by atoms with Gasteiger partial charge in [0.2, 0.25) is 0 Å². The first-order chi connectivity index (χ1) is 18.9. The molecular weight excluding hydrogens is 576 g/mol. The molecule has 0 aliphatic heterocycles. The lowest BCUT2D eigenvalue weighted by molar-refractivity contribution is 0.0951. The maximum absolute atomic E-state index is 12.7. The van der Waals surface area contributed by atoms with Crippen LogP contribution < -0.4 is 10.6 Å². The van der Waals surface area contributed by atoms with Crippen molar-refractivity contribution in [3.8, 4) is 17.3 Å². The molecule has 0 saturated heterocycles. The summed E-state index contributed by atoms with van der Waals surface area (Å²) >= 11 is 9.99. The molecule has 0 saturated carbocycles. The number of benzene rings is 3. The summed E-state index contributed by atoms with van der Waals surface area (Å²) in [6.07, 6.45) is 1.71. The SMILES string of the molecule is CC(C#N)c1cccc(C(=O)NCc2cccc(CNc3cc(-c4ccccc4Cl)nc4c(Br)cnn34)c2)c1. The molecule has 0 bridgehead atoms. The minimum Gasteiger partial charge on any atom is -0.366 e. The molecule has 0 aliphatic carbocycles. The second-order valence-electron chi connectivity index (χ2n) is 9.07. The van der Waals surface area contributed by atoms with E-state index in [9.17, 15) is 10.1 Å². The van der Waals surface area contributed by atoms with E-state index in [1.165, 1.54) is 0 Å². The van der Waals surface area contributed by atoms with E-state index in [4.69, 9.17) is 16.6 Å².